The van der Waals surface area contributed by atoms with Crippen molar-refractivity contribution in [1.82, 2.24) is 9.55 Å². The lowest BCUT2D eigenvalue weighted by atomic mass is 10.3. The van der Waals surface area contributed by atoms with Gasteiger partial charge in [0.25, 0.3) is 5.56 Å². The number of hydrogen-bond acceptors (Lipinski definition) is 4. The smallest absolute Gasteiger partial charge is 0.271 e. The molecule has 20 heavy (non-hydrogen) atoms. The van der Waals surface area contributed by atoms with E-state index in [9.17, 15) is 4.79 Å². The molecule has 0 saturated heterocycles. The number of nitrogens with one attached hydrogen (secondary N) is 1. The van der Waals surface area contributed by atoms with Crippen molar-refractivity contribution in [2.75, 3.05) is 11.9 Å². The lowest BCUT2D eigenvalue weighted by Crippen LogP contribution is -2.23. The van der Waals surface area contributed by atoms with E-state index < -0.39 is 0 Å². The van der Waals surface area contributed by atoms with Crippen molar-refractivity contribution < 1.29 is 0 Å². The van der Waals surface area contributed by atoms with Gasteiger partial charge in [-0.05, 0) is 29.6 Å². The Morgan fingerprint density at radius 2 is 2.25 bits per heavy atom. The third-order valence-electron chi connectivity index (χ3n) is 2.94. The Morgan fingerprint density at radius 3 is 3.10 bits per heavy atom. The summed E-state index contributed by atoms with van der Waals surface area (Å²) in [5.74, 6) is 0. The van der Waals surface area contributed by atoms with Crippen LogP contribution in [0.1, 0.15) is 0 Å². The summed E-state index contributed by atoms with van der Waals surface area (Å²) in [6.07, 6.45) is 1.61. The van der Waals surface area contributed by atoms with Gasteiger partial charge in [0.2, 0.25) is 0 Å². The van der Waals surface area contributed by atoms with Gasteiger partial charge in [-0.3, -0.25) is 9.36 Å². The minimum absolute atomic E-state index is 0.0287. The van der Waals surface area contributed by atoms with Gasteiger partial charge in [0.05, 0.1) is 11.8 Å². The Bertz CT molecular complexity index is 796. The van der Waals surface area contributed by atoms with Crippen LogP contribution in [0.5, 0.6) is 0 Å². The third kappa shape index (κ3) is 2.76. The molecule has 0 unspecified atom stereocenters. The SMILES string of the molecule is O=c1c2sccc2ncn1CCNc1cccc(Br)c1. The van der Waals surface area contributed by atoms with Crippen LogP contribution in [0.4, 0.5) is 5.69 Å². The van der Waals surface area contributed by atoms with Crippen molar-refractivity contribution in [2.24, 2.45) is 0 Å². The van der Waals surface area contributed by atoms with Crippen LogP contribution in [0, 0.1) is 0 Å². The van der Waals surface area contributed by atoms with Gasteiger partial charge in [-0.15, -0.1) is 11.3 Å². The summed E-state index contributed by atoms with van der Waals surface area (Å²) in [6, 6.07) is 9.81. The summed E-state index contributed by atoms with van der Waals surface area (Å²) in [4.78, 5) is 16.5. The van der Waals surface area contributed by atoms with Crippen LogP contribution in [-0.4, -0.2) is 16.1 Å². The Kier molecular flexibility index (Phi) is 3.84. The van der Waals surface area contributed by atoms with Crippen LogP contribution >= 0.6 is 27.3 Å². The number of aromatic nitrogens is 2. The molecule has 0 atom stereocenters. The summed E-state index contributed by atoms with van der Waals surface area (Å²) in [5.41, 5.74) is 1.83. The van der Waals surface area contributed by atoms with Crippen molar-refractivity contribution in [3.63, 3.8) is 0 Å². The Labute approximate surface area is 128 Å². The van der Waals surface area contributed by atoms with E-state index in [4.69, 9.17) is 0 Å². The molecular formula is C14H12BrN3OS. The average Bonchev–Trinajstić information content (AvgIpc) is 2.91. The molecule has 1 aromatic carbocycles. The first-order valence-corrected chi connectivity index (χ1v) is 7.83. The van der Waals surface area contributed by atoms with Crippen molar-refractivity contribution in [3.8, 4) is 0 Å². The molecule has 0 spiro atoms. The van der Waals surface area contributed by atoms with Crippen LogP contribution in [0.25, 0.3) is 10.2 Å². The zero-order valence-electron chi connectivity index (χ0n) is 10.5. The third-order valence-corrected chi connectivity index (χ3v) is 4.33. The van der Waals surface area contributed by atoms with Crippen molar-refractivity contribution >= 4 is 43.2 Å². The van der Waals surface area contributed by atoms with Crippen LogP contribution in [-0.2, 0) is 6.54 Å². The predicted molar refractivity (Wildman–Crippen MR) is 86.5 cm³/mol. The second kappa shape index (κ2) is 5.76. The van der Waals surface area contributed by atoms with Crippen molar-refractivity contribution in [2.45, 2.75) is 6.54 Å². The standard InChI is InChI=1S/C14H12BrN3OS/c15-10-2-1-3-11(8-10)16-5-6-18-9-17-12-4-7-20-13(12)14(18)19/h1-4,7-9,16H,5-6H2. The van der Waals surface area contributed by atoms with E-state index in [2.05, 4.69) is 26.2 Å². The average molecular weight is 350 g/mol. The van der Waals surface area contributed by atoms with Gasteiger partial charge in [0.1, 0.15) is 4.70 Å². The van der Waals surface area contributed by atoms with Gasteiger partial charge in [0.15, 0.2) is 0 Å². The fourth-order valence-corrected chi connectivity index (χ4v) is 3.15. The van der Waals surface area contributed by atoms with Gasteiger partial charge in [0, 0.05) is 23.2 Å². The molecule has 0 aliphatic heterocycles. The molecule has 0 fully saturated rings. The highest BCUT2D eigenvalue weighted by atomic mass is 79.9. The molecule has 1 N–H and O–H groups in total. The highest BCUT2D eigenvalue weighted by Crippen LogP contribution is 2.15. The van der Waals surface area contributed by atoms with E-state index in [0.29, 0.717) is 13.1 Å². The minimum atomic E-state index is 0.0287. The molecular weight excluding hydrogens is 338 g/mol. The molecule has 0 radical (unpaired) electrons. The van der Waals surface area contributed by atoms with Crippen LogP contribution in [0.15, 0.2) is 51.3 Å². The van der Waals surface area contributed by atoms with Gasteiger partial charge in [-0.25, -0.2) is 4.98 Å². The van der Waals surface area contributed by atoms with Crippen LogP contribution < -0.4 is 10.9 Å². The molecule has 3 aromatic rings. The second-order valence-electron chi connectivity index (χ2n) is 4.32. The summed E-state index contributed by atoms with van der Waals surface area (Å²) in [7, 11) is 0. The van der Waals surface area contributed by atoms with E-state index in [0.717, 1.165) is 20.4 Å². The van der Waals surface area contributed by atoms with Gasteiger partial charge in [-0.2, -0.15) is 0 Å². The first-order chi connectivity index (χ1) is 9.74. The fourth-order valence-electron chi connectivity index (χ4n) is 1.96. The normalized spacial score (nSPS) is 10.8. The number of halogens is 1. The maximum absolute atomic E-state index is 12.2. The molecule has 2 heterocycles. The first kappa shape index (κ1) is 13.3. The zero-order valence-corrected chi connectivity index (χ0v) is 12.9. The largest absolute Gasteiger partial charge is 0.383 e. The van der Waals surface area contributed by atoms with Crippen LogP contribution in [0.3, 0.4) is 0 Å². The summed E-state index contributed by atoms with van der Waals surface area (Å²) < 4.78 is 3.39. The molecule has 0 aliphatic rings. The second-order valence-corrected chi connectivity index (χ2v) is 6.15. The number of thiophene rings is 1. The van der Waals surface area contributed by atoms with E-state index >= 15 is 0 Å². The van der Waals surface area contributed by atoms with Gasteiger partial charge in [-0.1, -0.05) is 22.0 Å². The number of hydrogen-bond donors (Lipinski definition) is 1. The Hall–Kier alpha value is -1.66. The Balaban J connectivity index is 1.71. The molecule has 2 aromatic heterocycles. The lowest BCUT2D eigenvalue weighted by Gasteiger charge is -2.08. The zero-order chi connectivity index (χ0) is 13.9. The molecule has 3 rings (SSSR count). The molecule has 4 nitrogen and oxygen atoms in total. The van der Waals surface area contributed by atoms with Crippen molar-refractivity contribution in [3.05, 3.63) is 56.9 Å². The molecule has 0 amide bonds. The monoisotopic (exact) mass is 349 g/mol. The lowest BCUT2D eigenvalue weighted by molar-refractivity contribution is 0.690. The maximum atomic E-state index is 12.2. The number of nitrogens with zero attached hydrogens (tertiary/aromatic N) is 2. The van der Waals surface area contributed by atoms with Gasteiger partial charge >= 0.3 is 0 Å². The molecule has 6 heteroatoms. The molecule has 0 aliphatic carbocycles. The van der Waals surface area contributed by atoms with E-state index in [1.54, 1.807) is 10.9 Å². The molecule has 0 saturated carbocycles. The van der Waals surface area contributed by atoms with E-state index in [1.165, 1.54) is 11.3 Å². The quantitative estimate of drug-likeness (QED) is 0.785. The summed E-state index contributed by atoms with van der Waals surface area (Å²) >= 11 is 4.87. The van der Waals surface area contributed by atoms with Crippen LogP contribution in [0.2, 0.25) is 0 Å². The number of fused-ring (bicyclic) bond motifs is 1. The fraction of sp³-hybridized carbons (Fsp3) is 0.143. The minimum Gasteiger partial charge on any atom is -0.383 e. The maximum Gasteiger partial charge on any atom is 0.271 e. The predicted octanol–water partition coefficient (Wildman–Crippen LogP) is 3.33. The van der Waals surface area contributed by atoms with Crippen molar-refractivity contribution in [1.29, 1.82) is 0 Å². The summed E-state index contributed by atoms with van der Waals surface area (Å²) in [5, 5.41) is 5.18. The van der Waals surface area contributed by atoms with E-state index in [1.807, 2.05) is 35.7 Å². The Morgan fingerprint density at radius 1 is 1.35 bits per heavy atom. The highest BCUT2D eigenvalue weighted by molar-refractivity contribution is 9.10. The topological polar surface area (TPSA) is 46.9 Å². The molecule has 0 bridgehead atoms. The highest BCUT2D eigenvalue weighted by Gasteiger charge is 2.04. The molecule has 102 valence electrons. The number of anilines is 1. The van der Waals surface area contributed by atoms with Gasteiger partial charge < -0.3 is 5.32 Å². The first-order valence-electron chi connectivity index (χ1n) is 6.16. The number of benzene rings is 1. The number of rotatable bonds is 4. The summed E-state index contributed by atoms with van der Waals surface area (Å²) in [6.45, 7) is 1.26. The van der Waals surface area contributed by atoms with E-state index in [-0.39, 0.29) is 5.56 Å².